The molecule has 0 saturated carbocycles. The highest BCUT2D eigenvalue weighted by Gasteiger charge is 1.99. The molecule has 0 atom stereocenters. The number of hydrogen-bond donors (Lipinski definition) is 1. The van der Waals surface area contributed by atoms with E-state index in [9.17, 15) is 0 Å². The Morgan fingerprint density at radius 1 is 1.17 bits per heavy atom. The van der Waals surface area contributed by atoms with Gasteiger partial charge in [0.15, 0.2) is 0 Å². The summed E-state index contributed by atoms with van der Waals surface area (Å²) in [6, 6.07) is 8.20. The second kappa shape index (κ2) is 6.87. The Hall–Kier alpha value is -1.74. The Kier molecular flexibility index (Phi) is 4.85. The SMILES string of the molecule is CCCNCc1cncc(Cc2ccccn2)c1. The molecule has 0 spiro atoms. The summed E-state index contributed by atoms with van der Waals surface area (Å²) in [5.74, 6) is 0. The third kappa shape index (κ3) is 3.93. The van der Waals surface area contributed by atoms with Gasteiger partial charge in [0, 0.05) is 37.3 Å². The van der Waals surface area contributed by atoms with Gasteiger partial charge in [-0.15, -0.1) is 0 Å². The third-order valence-corrected chi connectivity index (χ3v) is 2.72. The lowest BCUT2D eigenvalue weighted by molar-refractivity contribution is 0.673. The molecule has 0 aromatic carbocycles. The molecule has 0 aliphatic heterocycles. The summed E-state index contributed by atoms with van der Waals surface area (Å²) in [5.41, 5.74) is 3.53. The van der Waals surface area contributed by atoms with Crippen LogP contribution in [0, 0.1) is 0 Å². The lowest BCUT2D eigenvalue weighted by atomic mass is 10.1. The first-order valence-electron chi connectivity index (χ1n) is 6.42. The van der Waals surface area contributed by atoms with Crippen LogP contribution in [-0.2, 0) is 13.0 Å². The second-order valence-electron chi connectivity index (χ2n) is 4.38. The molecule has 3 nitrogen and oxygen atoms in total. The quantitative estimate of drug-likeness (QED) is 0.790. The summed E-state index contributed by atoms with van der Waals surface area (Å²) in [6.45, 7) is 4.10. The maximum atomic E-state index is 4.34. The average molecular weight is 241 g/mol. The molecule has 0 fully saturated rings. The van der Waals surface area contributed by atoms with Crippen LogP contribution in [0.15, 0.2) is 42.9 Å². The molecule has 0 amide bonds. The first kappa shape index (κ1) is 12.7. The topological polar surface area (TPSA) is 37.8 Å². The predicted molar refractivity (Wildman–Crippen MR) is 73.3 cm³/mol. The molecule has 2 rings (SSSR count). The van der Waals surface area contributed by atoms with Crippen molar-refractivity contribution in [3.05, 3.63) is 59.7 Å². The highest BCUT2D eigenvalue weighted by molar-refractivity contribution is 5.23. The van der Waals surface area contributed by atoms with Crippen molar-refractivity contribution in [1.29, 1.82) is 0 Å². The molecule has 94 valence electrons. The van der Waals surface area contributed by atoms with Gasteiger partial charge >= 0.3 is 0 Å². The fourth-order valence-corrected chi connectivity index (χ4v) is 1.86. The Labute approximate surface area is 108 Å². The van der Waals surface area contributed by atoms with Crippen molar-refractivity contribution in [3.63, 3.8) is 0 Å². The predicted octanol–water partition coefficient (Wildman–Crippen LogP) is 2.57. The minimum Gasteiger partial charge on any atom is -0.313 e. The van der Waals surface area contributed by atoms with E-state index < -0.39 is 0 Å². The van der Waals surface area contributed by atoms with Gasteiger partial charge in [0.2, 0.25) is 0 Å². The van der Waals surface area contributed by atoms with Gasteiger partial charge in [0.25, 0.3) is 0 Å². The summed E-state index contributed by atoms with van der Waals surface area (Å²) in [5, 5.41) is 3.39. The zero-order valence-corrected chi connectivity index (χ0v) is 10.8. The van der Waals surface area contributed by atoms with Crippen molar-refractivity contribution in [3.8, 4) is 0 Å². The van der Waals surface area contributed by atoms with Gasteiger partial charge in [-0.05, 0) is 36.2 Å². The molecular weight excluding hydrogens is 222 g/mol. The standard InChI is InChI=1S/C15H19N3/c1-2-6-16-11-14-8-13(10-17-12-14)9-15-5-3-4-7-18-15/h3-5,7-8,10,12,16H,2,6,9,11H2,1H3. The Morgan fingerprint density at radius 2 is 2.06 bits per heavy atom. The number of aromatic nitrogens is 2. The molecule has 1 N–H and O–H groups in total. The maximum absolute atomic E-state index is 4.34. The minimum absolute atomic E-state index is 0.843. The van der Waals surface area contributed by atoms with Crippen molar-refractivity contribution in [2.75, 3.05) is 6.54 Å². The third-order valence-electron chi connectivity index (χ3n) is 2.72. The van der Waals surface area contributed by atoms with Gasteiger partial charge in [-0.1, -0.05) is 19.1 Å². The van der Waals surface area contributed by atoms with Gasteiger partial charge in [-0.25, -0.2) is 0 Å². The highest BCUT2D eigenvalue weighted by atomic mass is 14.8. The zero-order chi connectivity index (χ0) is 12.6. The van der Waals surface area contributed by atoms with Gasteiger partial charge in [-0.2, -0.15) is 0 Å². The number of pyridine rings is 2. The van der Waals surface area contributed by atoms with Crippen molar-refractivity contribution < 1.29 is 0 Å². The first-order valence-corrected chi connectivity index (χ1v) is 6.42. The number of rotatable bonds is 6. The molecule has 0 bridgehead atoms. The van der Waals surface area contributed by atoms with Crippen LogP contribution in [0.5, 0.6) is 0 Å². The van der Waals surface area contributed by atoms with Crippen molar-refractivity contribution in [2.45, 2.75) is 26.3 Å². The van der Waals surface area contributed by atoms with Gasteiger partial charge in [-0.3, -0.25) is 9.97 Å². The molecule has 0 radical (unpaired) electrons. The van der Waals surface area contributed by atoms with E-state index >= 15 is 0 Å². The largest absolute Gasteiger partial charge is 0.313 e. The Balaban J connectivity index is 1.99. The van der Waals surface area contributed by atoms with Crippen molar-refractivity contribution in [2.24, 2.45) is 0 Å². The fourth-order valence-electron chi connectivity index (χ4n) is 1.86. The second-order valence-corrected chi connectivity index (χ2v) is 4.38. The first-order chi connectivity index (χ1) is 8.88. The molecule has 3 heteroatoms. The summed E-state index contributed by atoms with van der Waals surface area (Å²) in [4.78, 5) is 8.63. The zero-order valence-electron chi connectivity index (χ0n) is 10.8. The number of nitrogens with one attached hydrogen (secondary N) is 1. The van der Waals surface area contributed by atoms with Crippen LogP contribution in [0.1, 0.15) is 30.2 Å². The molecule has 0 aliphatic carbocycles. The van der Waals surface area contributed by atoms with Crippen LogP contribution in [0.4, 0.5) is 0 Å². The van der Waals surface area contributed by atoms with Crippen LogP contribution in [0.2, 0.25) is 0 Å². The highest BCUT2D eigenvalue weighted by Crippen LogP contribution is 2.08. The van der Waals surface area contributed by atoms with E-state index in [4.69, 9.17) is 0 Å². The normalized spacial score (nSPS) is 10.5. The minimum atomic E-state index is 0.843. The fraction of sp³-hybridized carbons (Fsp3) is 0.333. The van der Waals surface area contributed by atoms with Crippen LogP contribution in [0.3, 0.4) is 0 Å². The average Bonchev–Trinajstić information content (AvgIpc) is 2.41. The van der Waals surface area contributed by atoms with Crippen LogP contribution in [-0.4, -0.2) is 16.5 Å². The van der Waals surface area contributed by atoms with Crippen LogP contribution < -0.4 is 5.32 Å². The Bertz CT molecular complexity index is 468. The lowest BCUT2D eigenvalue weighted by Gasteiger charge is -2.05. The summed E-state index contributed by atoms with van der Waals surface area (Å²) in [7, 11) is 0. The van der Waals surface area contributed by atoms with E-state index in [1.165, 1.54) is 11.1 Å². The van der Waals surface area contributed by atoms with Crippen LogP contribution in [0.25, 0.3) is 0 Å². The molecule has 2 aromatic heterocycles. The van der Waals surface area contributed by atoms with Gasteiger partial charge < -0.3 is 5.32 Å². The molecule has 0 aliphatic rings. The van der Waals surface area contributed by atoms with Gasteiger partial charge in [0.05, 0.1) is 0 Å². The summed E-state index contributed by atoms with van der Waals surface area (Å²) >= 11 is 0. The van der Waals surface area contributed by atoms with Gasteiger partial charge in [0.1, 0.15) is 0 Å². The van der Waals surface area contributed by atoms with Crippen molar-refractivity contribution in [1.82, 2.24) is 15.3 Å². The van der Waals surface area contributed by atoms with E-state index in [0.29, 0.717) is 0 Å². The Morgan fingerprint density at radius 3 is 2.83 bits per heavy atom. The van der Waals surface area contributed by atoms with E-state index in [-0.39, 0.29) is 0 Å². The smallest absolute Gasteiger partial charge is 0.0447 e. The van der Waals surface area contributed by atoms with E-state index in [1.54, 1.807) is 0 Å². The molecular formula is C15H19N3. The van der Waals surface area contributed by atoms with Crippen molar-refractivity contribution >= 4 is 0 Å². The molecule has 2 aromatic rings. The summed E-state index contributed by atoms with van der Waals surface area (Å²) in [6.07, 6.45) is 7.66. The molecule has 0 saturated heterocycles. The maximum Gasteiger partial charge on any atom is 0.0447 e. The monoisotopic (exact) mass is 241 g/mol. The number of nitrogens with zero attached hydrogens (tertiary/aromatic N) is 2. The molecule has 0 unspecified atom stereocenters. The van der Waals surface area contributed by atoms with E-state index in [0.717, 1.165) is 31.6 Å². The molecule has 18 heavy (non-hydrogen) atoms. The van der Waals surface area contributed by atoms with E-state index in [1.807, 2.05) is 36.8 Å². The van der Waals surface area contributed by atoms with Crippen LogP contribution >= 0.6 is 0 Å². The summed E-state index contributed by atoms with van der Waals surface area (Å²) < 4.78 is 0. The van der Waals surface area contributed by atoms with E-state index in [2.05, 4.69) is 28.3 Å². The lowest BCUT2D eigenvalue weighted by Crippen LogP contribution is -2.14. The molecule has 2 heterocycles. The number of hydrogen-bond acceptors (Lipinski definition) is 3.